The van der Waals surface area contributed by atoms with Crippen LogP contribution in [-0.4, -0.2) is 51.4 Å². The molecule has 0 radical (unpaired) electrons. The van der Waals surface area contributed by atoms with Gasteiger partial charge in [-0.15, -0.1) is 0 Å². The van der Waals surface area contributed by atoms with Crippen molar-refractivity contribution in [3.63, 3.8) is 0 Å². The Labute approximate surface area is 101 Å². The number of amides is 1. The molecule has 1 aromatic rings. The van der Waals surface area contributed by atoms with Crippen LogP contribution in [0.4, 0.5) is 0 Å². The molecule has 0 aliphatic carbocycles. The Kier molecular flexibility index (Phi) is 3.68. The quantitative estimate of drug-likeness (QED) is 0.749. The molecule has 5 nitrogen and oxygen atoms in total. The fraction of sp³-hybridized carbons (Fsp3) is 0.583. The van der Waals surface area contributed by atoms with E-state index in [4.69, 9.17) is 0 Å². The highest BCUT2D eigenvalue weighted by atomic mass is 16.2. The summed E-state index contributed by atoms with van der Waals surface area (Å²) in [6.45, 7) is 7.14. The highest BCUT2D eigenvalue weighted by Crippen LogP contribution is 2.11. The van der Waals surface area contributed by atoms with Gasteiger partial charge in [-0.3, -0.25) is 19.7 Å². The molecule has 2 heterocycles. The lowest BCUT2D eigenvalue weighted by Crippen LogP contribution is -2.53. The Morgan fingerprint density at radius 2 is 2.29 bits per heavy atom. The monoisotopic (exact) mass is 234 g/mol. The molecule has 0 saturated carbocycles. The number of carbonyl (C=O) groups excluding carboxylic acids is 1. The summed E-state index contributed by atoms with van der Waals surface area (Å²) in [5.74, 6) is 0.164. The van der Waals surface area contributed by atoms with Gasteiger partial charge in [-0.1, -0.05) is 0 Å². The van der Waals surface area contributed by atoms with E-state index < -0.39 is 0 Å². The van der Waals surface area contributed by atoms with Crippen molar-refractivity contribution in [1.29, 1.82) is 0 Å². The first kappa shape index (κ1) is 12.0. The van der Waals surface area contributed by atoms with E-state index in [1.54, 1.807) is 25.5 Å². The molecule has 1 unspecified atom stereocenters. The highest BCUT2D eigenvalue weighted by molar-refractivity contribution is 5.73. The van der Waals surface area contributed by atoms with Gasteiger partial charge in [-0.25, -0.2) is 0 Å². The van der Waals surface area contributed by atoms with E-state index in [0.29, 0.717) is 0 Å². The maximum absolute atomic E-state index is 11.4. The van der Waals surface area contributed by atoms with Crippen LogP contribution in [0.25, 0.3) is 0 Å². The molecule has 1 amide bonds. The van der Waals surface area contributed by atoms with E-state index in [9.17, 15) is 4.79 Å². The third-order valence-corrected chi connectivity index (χ3v) is 3.12. The van der Waals surface area contributed by atoms with Gasteiger partial charge >= 0.3 is 0 Å². The zero-order chi connectivity index (χ0) is 12.3. The van der Waals surface area contributed by atoms with Gasteiger partial charge in [-0.05, 0) is 6.92 Å². The van der Waals surface area contributed by atoms with Crippen LogP contribution in [0.15, 0.2) is 18.6 Å². The average molecular weight is 234 g/mol. The number of rotatable bonds is 2. The normalized spacial score (nSPS) is 21.5. The standard InChI is InChI=1S/C12H18N4O/c1-10-8-15(5-6-16(10)11(2)17)9-12-7-13-3-4-14-12/h3-4,7,10H,5-6,8-9H2,1-2H3. The van der Waals surface area contributed by atoms with Gasteiger partial charge < -0.3 is 4.90 Å². The van der Waals surface area contributed by atoms with Gasteiger partial charge in [-0.2, -0.15) is 0 Å². The van der Waals surface area contributed by atoms with Gasteiger partial charge in [0.2, 0.25) is 5.91 Å². The van der Waals surface area contributed by atoms with Crippen molar-refractivity contribution in [1.82, 2.24) is 19.8 Å². The predicted octanol–water partition coefficient (Wildman–Crippen LogP) is 0.529. The SMILES string of the molecule is CC(=O)N1CCN(Cc2cnccn2)CC1C. The number of carbonyl (C=O) groups is 1. The lowest BCUT2D eigenvalue weighted by molar-refractivity contribution is -0.133. The number of hydrogen-bond acceptors (Lipinski definition) is 4. The summed E-state index contributed by atoms with van der Waals surface area (Å²) in [4.78, 5) is 23.9. The number of hydrogen-bond donors (Lipinski definition) is 0. The largest absolute Gasteiger partial charge is 0.338 e. The molecule has 1 atom stereocenters. The van der Waals surface area contributed by atoms with Crippen LogP contribution in [0.1, 0.15) is 19.5 Å². The lowest BCUT2D eigenvalue weighted by atomic mass is 10.2. The maximum Gasteiger partial charge on any atom is 0.219 e. The van der Waals surface area contributed by atoms with Crippen molar-refractivity contribution < 1.29 is 4.79 Å². The van der Waals surface area contributed by atoms with Gasteiger partial charge in [0.25, 0.3) is 0 Å². The Morgan fingerprint density at radius 3 is 2.88 bits per heavy atom. The molecule has 5 heteroatoms. The first-order valence-corrected chi connectivity index (χ1v) is 5.91. The Morgan fingerprint density at radius 1 is 1.47 bits per heavy atom. The fourth-order valence-electron chi connectivity index (χ4n) is 2.29. The smallest absolute Gasteiger partial charge is 0.219 e. The van der Waals surface area contributed by atoms with E-state index in [0.717, 1.165) is 31.9 Å². The van der Waals surface area contributed by atoms with E-state index in [1.807, 2.05) is 4.90 Å². The second-order valence-electron chi connectivity index (χ2n) is 4.49. The second-order valence-corrected chi connectivity index (χ2v) is 4.49. The van der Waals surface area contributed by atoms with Crippen LogP contribution in [0.2, 0.25) is 0 Å². The third-order valence-electron chi connectivity index (χ3n) is 3.12. The van der Waals surface area contributed by atoms with Crippen LogP contribution >= 0.6 is 0 Å². The van der Waals surface area contributed by atoms with Gasteiger partial charge in [0, 0.05) is 57.7 Å². The molecule has 17 heavy (non-hydrogen) atoms. The Bertz CT molecular complexity index is 381. The van der Waals surface area contributed by atoms with E-state index in [1.165, 1.54) is 0 Å². The van der Waals surface area contributed by atoms with Crippen molar-refractivity contribution in [3.05, 3.63) is 24.3 Å². The van der Waals surface area contributed by atoms with Gasteiger partial charge in [0.05, 0.1) is 5.69 Å². The topological polar surface area (TPSA) is 49.3 Å². The predicted molar refractivity (Wildman–Crippen MR) is 64.2 cm³/mol. The van der Waals surface area contributed by atoms with Crippen LogP contribution < -0.4 is 0 Å². The van der Waals surface area contributed by atoms with Crippen molar-refractivity contribution in [2.45, 2.75) is 26.4 Å². The minimum Gasteiger partial charge on any atom is -0.338 e. The van der Waals surface area contributed by atoms with Crippen molar-refractivity contribution in [2.75, 3.05) is 19.6 Å². The van der Waals surface area contributed by atoms with Gasteiger partial charge in [0.1, 0.15) is 0 Å². The molecule has 1 aliphatic rings. The molecular weight excluding hydrogens is 216 g/mol. The molecule has 0 spiro atoms. The molecule has 0 N–H and O–H groups in total. The molecule has 92 valence electrons. The van der Waals surface area contributed by atoms with E-state index in [2.05, 4.69) is 21.8 Å². The maximum atomic E-state index is 11.4. The van der Waals surface area contributed by atoms with Crippen molar-refractivity contribution in [2.24, 2.45) is 0 Å². The van der Waals surface area contributed by atoms with Crippen LogP contribution in [-0.2, 0) is 11.3 Å². The number of nitrogens with zero attached hydrogens (tertiary/aromatic N) is 4. The van der Waals surface area contributed by atoms with Crippen molar-refractivity contribution >= 4 is 5.91 Å². The summed E-state index contributed by atoms with van der Waals surface area (Å²) >= 11 is 0. The fourth-order valence-corrected chi connectivity index (χ4v) is 2.29. The van der Waals surface area contributed by atoms with E-state index >= 15 is 0 Å². The summed E-state index contributed by atoms with van der Waals surface area (Å²) in [6.07, 6.45) is 5.19. The minimum absolute atomic E-state index is 0.164. The van der Waals surface area contributed by atoms with Gasteiger partial charge in [0.15, 0.2) is 0 Å². The molecule has 0 bridgehead atoms. The first-order valence-electron chi connectivity index (χ1n) is 5.91. The van der Waals surface area contributed by atoms with Crippen LogP contribution in [0.3, 0.4) is 0 Å². The zero-order valence-corrected chi connectivity index (χ0v) is 10.3. The molecule has 1 fully saturated rings. The molecular formula is C12H18N4O. The highest BCUT2D eigenvalue weighted by Gasteiger charge is 2.25. The molecule has 1 aliphatic heterocycles. The third kappa shape index (κ3) is 3.00. The van der Waals surface area contributed by atoms with E-state index in [-0.39, 0.29) is 11.9 Å². The first-order chi connectivity index (χ1) is 8.16. The zero-order valence-electron chi connectivity index (χ0n) is 10.3. The summed E-state index contributed by atoms with van der Waals surface area (Å²) in [6, 6.07) is 0.276. The number of piperazine rings is 1. The van der Waals surface area contributed by atoms with Crippen molar-refractivity contribution in [3.8, 4) is 0 Å². The van der Waals surface area contributed by atoms with Crippen LogP contribution in [0, 0.1) is 0 Å². The Balaban J connectivity index is 1.92. The molecule has 0 aromatic carbocycles. The average Bonchev–Trinajstić information content (AvgIpc) is 2.30. The minimum atomic E-state index is 0.164. The molecule has 1 aromatic heterocycles. The lowest BCUT2D eigenvalue weighted by Gasteiger charge is -2.39. The molecule has 1 saturated heterocycles. The summed E-state index contributed by atoms with van der Waals surface area (Å²) in [5, 5.41) is 0. The number of aromatic nitrogens is 2. The summed E-state index contributed by atoms with van der Waals surface area (Å²) in [5.41, 5.74) is 0.982. The summed E-state index contributed by atoms with van der Waals surface area (Å²) < 4.78 is 0. The molecule has 2 rings (SSSR count). The van der Waals surface area contributed by atoms with Crippen LogP contribution in [0.5, 0.6) is 0 Å². The Hall–Kier alpha value is -1.49. The second kappa shape index (κ2) is 5.23. The summed E-state index contributed by atoms with van der Waals surface area (Å²) in [7, 11) is 0.